The van der Waals surface area contributed by atoms with Gasteiger partial charge in [0.05, 0.1) is 14.2 Å². The van der Waals surface area contributed by atoms with Crippen LogP contribution in [-0.4, -0.2) is 20.1 Å². The van der Waals surface area contributed by atoms with Crippen LogP contribution in [0, 0.1) is 5.82 Å². The second-order valence-electron chi connectivity index (χ2n) is 5.36. The Morgan fingerprint density at radius 1 is 1.12 bits per heavy atom. The topological polar surface area (TPSA) is 73.6 Å². The average molecular weight is 332 g/mol. The molecule has 2 rings (SSSR count). The molecule has 0 saturated heterocycles. The summed E-state index contributed by atoms with van der Waals surface area (Å²) < 4.78 is 24.7. The van der Waals surface area contributed by atoms with Crippen LogP contribution >= 0.6 is 0 Å². The van der Waals surface area contributed by atoms with Crippen LogP contribution in [0.3, 0.4) is 0 Å². The Kier molecular flexibility index (Phi) is 5.76. The molecule has 0 heterocycles. The van der Waals surface area contributed by atoms with Crippen LogP contribution in [0.5, 0.6) is 11.5 Å². The second-order valence-corrected chi connectivity index (χ2v) is 5.36. The van der Waals surface area contributed by atoms with Gasteiger partial charge in [-0.1, -0.05) is 30.3 Å². The van der Waals surface area contributed by atoms with Crippen LogP contribution < -0.4 is 20.5 Å². The molecule has 3 N–H and O–H groups in total. The molecule has 0 aromatic heterocycles. The molecular weight excluding hydrogens is 311 g/mol. The number of rotatable bonds is 7. The Morgan fingerprint density at radius 3 is 2.25 bits per heavy atom. The third kappa shape index (κ3) is 3.83. The molecule has 0 aliphatic carbocycles. The molecule has 2 unspecified atom stereocenters. The van der Waals surface area contributed by atoms with E-state index >= 15 is 0 Å². The molecule has 0 bridgehead atoms. The third-order valence-electron chi connectivity index (χ3n) is 3.80. The molecule has 128 valence electrons. The van der Waals surface area contributed by atoms with Gasteiger partial charge in [-0.2, -0.15) is 0 Å². The number of ether oxygens (including phenoxy) is 2. The fourth-order valence-electron chi connectivity index (χ4n) is 2.53. The summed E-state index contributed by atoms with van der Waals surface area (Å²) in [5, 5.41) is 3.07. The van der Waals surface area contributed by atoms with Crippen molar-refractivity contribution < 1.29 is 18.7 Å². The number of amides is 1. The largest absolute Gasteiger partial charge is 0.493 e. The van der Waals surface area contributed by atoms with Gasteiger partial charge >= 0.3 is 0 Å². The summed E-state index contributed by atoms with van der Waals surface area (Å²) in [6.45, 7) is 1.75. The summed E-state index contributed by atoms with van der Waals surface area (Å²) in [5.74, 6) is -0.267. The van der Waals surface area contributed by atoms with E-state index in [2.05, 4.69) is 5.32 Å². The number of halogens is 1. The van der Waals surface area contributed by atoms with Crippen molar-refractivity contribution >= 4 is 5.91 Å². The summed E-state index contributed by atoms with van der Waals surface area (Å²) >= 11 is 0. The lowest BCUT2D eigenvalue weighted by Gasteiger charge is -2.23. The first-order chi connectivity index (χ1) is 11.5. The smallest absolute Gasteiger partial charge is 0.239 e. The molecule has 5 nitrogen and oxygen atoms in total. The second kappa shape index (κ2) is 7.79. The number of nitrogens with one attached hydrogen (secondary N) is 1. The highest BCUT2D eigenvalue weighted by Crippen LogP contribution is 2.33. The Hall–Kier alpha value is -2.60. The number of benzene rings is 2. The van der Waals surface area contributed by atoms with Gasteiger partial charge in [0, 0.05) is 17.7 Å². The van der Waals surface area contributed by atoms with Crippen LogP contribution in [0.4, 0.5) is 4.39 Å². The van der Waals surface area contributed by atoms with E-state index in [4.69, 9.17) is 15.2 Å². The maximum Gasteiger partial charge on any atom is 0.239 e. The summed E-state index contributed by atoms with van der Waals surface area (Å²) in [7, 11) is 2.92. The molecule has 0 aliphatic heterocycles. The van der Waals surface area contributed by atoms with E-state index in [0.29, 0.717) is 17.1 Å². The molecule has 6 heteroatoms. The highest BCUT2D eigenvalue weighted by Gasteiger charge is 2.23. The SMILES string of the molecule is COc1cc(F)c(C(C)NC(C(N)=O)c2ccccc2)cc1OC. The first-order valence-electron chi connectivity index (χ1n) is 7.49. The van der Waals surface area contributed by atoms with Crippen molar-refractivity contribution in [3.05, 3.63) is 59.4 Å². The molecular formula is C18H21FN2O3. The Bertz CT molecular complexity index is 707. The van der Waals surface area contributed by atoms with Gasteiger partial charge in [0.15, 0.2) is 11.5 Å². The first kappa shape index (κ1) is 17.7. The van der Waals surface area contributed by atoms with Crippen molar-refractivity contribution in [2.24, 2.45) is 5.73 Å². The number of carbonyl (C=O) groups is 1. The van der Waals surface area contributed by atoms with Crippen molar-refractivity contribution in [3.8, 4) is 11.5 Å². The zero-order chi connectivity index (χ0) is 17.7. The standard InChI is InChI=1S/C18H21FN2O3/c1-11(13-9-15(23-2)16(24-3)10-14(13)19)21-17(18(20)22)12-7-5-4-6-8-12/h4-11,17,21H,1-3H3,(H2,20,22). The van der Waals surface area contributed by atoms with Crippen LogP contribution in [-0.2, 0) is 4.79 Å². The van der Waals surface area contributed by atoms with Gasteiger partial charge in [-0.3, -0.25) is 10.1 Å². The predicted molar refractivity (Wildman–Crippen MR) is 89.4 cm³/mol. The normalized spacial score (nSPS) is 13.2. The van der Waals surface area contributed by atoms with E-state index in [1.165, 1.54) is 20.3 Å². The fraction of sp³-hybridized carbons (Fsp3) is 0.278. The minimum atomic E-state index is -0.728. The van der Waals surface area contributed by atoms with E-state index in [9.17, 15) is 9.18 Å². The molecule has 2 aromatic rings. The Balaban J connectivity index is 2.31. The van der Waals surface area contributed by atoms with Gasteiger partial charge < -0.3 is 15.2 Å². The van der Waals surface area contributed by atoms with Gasteiger partial charge in [0.25, 0.3) is 0 Å². The minimum absolute atomic E-state index is 0.306. The molecule has 0 saturated carbocycles. The van der Waals surface area contributed by atoms with Crippen molar-refractivity contribution in [3.63, 3.8) is 0 Å². The fourth-order valence-corrected chi connectivity index (χ4v) is 2.53. The molecule has 0 fully saturated rings. The van der Waals surface area contributed by atoms with E-state index in [1.807, 2.05) is 18.2 Å². The van der Waals surface area contributed by atoms with Crippen molar-refractivity contribution in [2.75, 3.05) is 14.2 Å². The summed E-state index contributed by atoms with van der Waals surface area (Å²) in [4.78, 5) is 11.8. The van der Waals surface area contributed by atoms with E-state index < -0.39 is 23.8 Å². The number of hydrogen-bond donors (Lipinski definition) is 2. The van der Waals surface area contributed by atoms with Gasteiger partial charge in [0.2, 0.25) is 5.91 Å². The monoisotopic (exact) mass is 332 g/mol. The minimum Gasteiger partial charge on any atom is -0.493 e. The number of methoxy groups -OCH3 is 2. The summed E-state index contributed by atoms with van der Waals surface area (Å²) in [6, 6.07) is 10.7. The number of primary amides is 1. The average Bonchev–Trinajstić information content (AvgIpc) is 2.59. The quantitative estimate of drug-likeness (QED) is 0.818. The van der Waals surface area contributed by atoms with E-state index in [-0.39, 0.29) is 0 Å². The molecule has 24 heavy (non-hydrogen) atoms. The maximum absolute atomic E-state index is 14.4. The molecule has 0 aliphatic rings. The summed E-state index contributed by atoms with van der Waals surface area (Å²) in [6.07, 6.45) is 0. The van der Waals surface area contributed by atoms with Crippen LogP contribution in [0.25, 0.3) is 0 Å². The number of carbonyl (C=O) groups excluding carboxylic acids is 1. The highest BCUT2D eigenvalue weighted by atomic mass is 19.1. The van der Waals surface area contributed by atoms with Gasteiger partial charge in [-0.05, 0) is 18.6 Å². The van der Waals surface area contributed by atoms with Crippen molar-refractivity contribution in [1.82, 2.24) is 5.32 Å². The van der Waals surface area contributed by atoms with Crippen molar-refractivity contribution in [2.45, 2.75) is 19.0 Å². The predicted octanol–water partition coefficient (Wildman–Crippen LogP) is 2.72. The van der Waals surface area contributed by atoms with Crippen molar-refractivity contribution in [1.29, 1.82) is 0 Å². The molecule has 0 spiro atoms. The molecule has 2 atom stereocenters. The lowest BCUT2D eigenvalue weighted by atomic mass is 10.0. The zero-order valence-corrected chi connectivity index (χ0v) is 13.9. The third-order valence-corrected chi connectivity index (χ3v) is 3.80. The van der Waals surface area contributed by atoms with Gasteiger partial charge in [0.1, 0.15) is 11.9 Å². The first-order valence-corrected chi connectivity index (χ1v) is 7.49. The Morgan fingerprint density at radius 2 is 1.71 bits per heavy atom. The van der Waals surface area contributed by atoms with E-state index in [0.717, 1.165) is 5.56 Å². The lowest BCUT2D eigenvalue weighted by Crippen LogP contribution is -2.35. The Labute approximate surface area is 140 Å². The van der Waals surface area contributed by atoms with Gasteiger partial charge in [-0.25, -0.2) is 4.39 Å². The number of hydrogen-bond acceptors (Lipinski definition) is 4. The molecule has 0 radical (unpaired) electrons. The van der Waals surface area contributed by atoms with E-state index in [1.54, 1.807) is 25.1 Å². The summed E-state index contributed by atoms with van der Waals surface area (Å²) in [5.41, 5.74) is 6.57. The lowest BCUT2D eigenvalue weighted by molar-refractivity contribution is -0.120. The van der Waals surface area contributed by atoms with Gasteiger partial charge in [-0.15, -0.1) is 0 Å². The number of nitrogens with two attached hydrogens (primary N) is 1. The van der Waals surface area contributed by atoms with Crippen LogP contribution in [0.2, 0.25) is 0 Å². The van der Waals surface area contributed by atoms with Crippen LogP contribution in [0.1, 0.15) is 30.1 Å². The molecule has 1 amide bonds. The maximum atomic E-state index is 14.4. The highest BCUT2D eigenvalue weighted by molar-refractivity contribution is 5.81. The zero-order valence-electron chi connectivity index (χ0n) is 13.9. The van der Waals surface area contributed by atoms with Crippen LogP contribution in [0.15, 0.2) is 42.5 Å². The molecule has 2 aromatic carbocycles.